The molecule has 1 fully saturated rings. The number of carbonyl (C=O) groups is 1. The van der Waals surface area contributed by atoms with Crippen LogP contribution in [0.15, 0.2) is 11.6 Å². The van der Waals surface area contributed by atoms with Crippen molar-refractivity contribution in [2.75, 3.05) is 5.33 Å². The Hall–Kier alpha value is -0.110. The summed E-state index contributed by atoms with van der Waals surface area (Å²) in [6.45, 7) is 4.42. The number of hydrogen-bond donors (Lipinski definition) is 0. The molecular weight excluding hydrogens is 216 g/mol. The fraction of sp³-hybridized carbons (Fsp3) is 0.700. The highest BCUT2D eigenvalue weighted by Crippen LogP contribution is 2.57. The van der Waals surface area contributed by atoms with E-state index in [0.29, 0.717) is 17.6 Å². The van der Waals surface area contributed by atoms with Crippen molar-refractivity contribution >= 4 is 21.7 Å². The number of rotatable bonds is 1. The van der Waals surface area contributed by atoms with Crippen LogP contribution >= 0.6 is 15.9 Å². The molecule has 0 aromatic carbocycles. The number of fused-ring (bicyclic) bond motifs is 1. The lowest BCUT2D eigenvalue weighted by molar-refractivity contribution is -0.133. The number of allylic oxidation sites excluding steroid dienone is 2. The van der Waals surface area contributed by atoms with Gasteiger partial charge in [-0.1, -0.05) is 35.4 Å². The summed E-state index contributed by atoms with van der Waals surface area (Å²) in [5, 5.41) is 0.861. The van der Waals surface area contributed by atoms with E-state index in [4.69, 9.17) is 0 Å². The van der Waals surface area contributed by atoms with E-state index in [0.717, 1.165) is 11.8 Å². The Morgan fingerprint density at radius 2 is 2.25 bits per heavy atom. The third-order valence-corrected chi connectivity index (χ3v) is 4.19. The summed E-state index contributed by atoms with van der Waals surface area (Å²) < 4.78 is 0. The van der Waals surface area contributed by atoms with Gasteiger partial charge >= 0.3 is 0 Å². The predicted molar refractivity (Wildman–Crippen MR) is 52.3 cm³/mol. The predicted octanol–water partition coefficient (Wildman–Crippen LogP) is 2.55. The van der Waals surface area contributed by atoms with E-state index >= 15 is 0 Å². The van der Waals surface area contributed by atoms with Gasteiger partial charge in [-0.15, -0.1) is 0 Å². The van der Waals surface area contributed by atoms with Gasteiger partial charge in [0.2, 0.25) is 0 Å². The number of ketones is 1. The molecular formula is C10H13BrO. The van der Waals surface area contributed by atoms with E-state index in [2.05, 4.69) is 29.8 Å². The lowest BCUT2D eigenvalue weighted by Crippen LogP contribution is -2.52. The van der Waals surface area contributed by atoms with Crippen molar-refractivity contribution < 1.29 is 4.79 Å². The Morgan fingerprint density at radius 3 is 2.67 bits per heavy atom. The van der Waals surface area contributed by atoms with Crippen LogP contribution in [0.2, 0.25) is 0 Å². The Balaban J connectivity index is 2.36. The normalized spacial score (nSPS) is 37.2. The van der Waals surface area contributed by atoms with Crippen LogP contribution in [0.1, 0.15) is 20.3 Å². The van der Waals surface area contributed by atoms with Crippen molar-refractivity contribution in [1.82, 2.24) is 0 Å². The molecule has 2 bridgehead atoms. The minimum Gasteiger partial charge on any atom is -0.295 e. The third-order valence-electron chi connectivity index (χ3n) is 3.54. The first-order chi connectivity index (χ1) is 5.57. The molecule has 0 amide bonds. The van der Waals surface area contributed by atoms with Crippen molar-refractivity contribution in [3.8, 4) is 0 Å². The highest BCUT2D eigenvalue weighted by molar-refractivity contribution is 9.09. The summed E-state index contributed by atoms with van der Waals surface area (Å²) >= 11 is 3.43. The van der Waals surface area contributed by atoms with Crippen molar-refractivity contribution in [3.63, 3.8) is 0 Å². The van der Waals surface area contributed by atoms with Gasteiger partial charge in [0.1, 0.15) is 0 Å². The number of halogens is 1. The Morgan fingerprint density at radius 1 is 1.58 bits per heavy atom. The van der Waals surface area contributed by atoms with Gasteiger partial charge in [-0.3, -0.25) is 4.79 Å². The molecule has 1 saturated carbocycles. The molecule has 0 aliphatic heterocycles. The average molecular weight is 229 g/mol. The molecule has 0 aromatic rings. The van der Waals surface area contributed by atoms with E-state index in [1.807, 2.05) is 6.08 Å². The third kappa shape index (κ3) is 0.875. The van der Waals surface area contributed by atoms with E-state index < -0.39 is 0 Å². The number of hydrogen-bond acceptors (Lipinski definition) is 1. The van der Waals surface area contributed by atoms with Gasteiger partial charge in [-0.05, 0) is 23.8 Å². The van der Waals surface area contributed by atoms with Gasteiger partial charge in [-0.25, -0.2) is 0 Å². The molecule has 0 radical (unpaired) electrons. The molecule has 0 spiro atoms. The highest BCUT2D eigenvalue weighted by atomic mass is 79.9. The zero-order valence-corrected chi connectivity index (χ0v) is 9.02. The van der Waals surface area contributed by atoms with Crippen molar-refractivity contribution in [2.45, 2.75) is 20.3 Å². The monoisotopic (exact) mass is 228 g/mol. The quantitative estimate of drug-likeness (QED) is 0.631. The van der Waals surface area contributed by atoms with Crippen LogP contribution in [0.25, 0.3) is 0 Å². The Labute approximate surface area is 81.4 Å². The first-order valence-corrected chi connectivity index (χ1v) is 5.49. The number of alkyl halides is 1. The van der Waals surface area contributed by atoms with Crippen LogP contribution in [0.4, 0.5) is 0 Å². The molecule has 2 heteroatoms. The van der Waals surface area contributed by atoms with Gasteiger partial charge in [0, 0.05) is 11.2 Å². The molecule has 1 nitrogen and oxygen atoms in total. The van der Waals surface area contributed by atoms with E-state index in [1.165, 1.54) is 5.57 Å². The van der Waals surface area contributed by atoms with Crippen LogP contribution in [0, 0.1) is 17.3 Å². The van der Waals surface area contributed by atoms with E-state index in [-0.39, 0.29) is 5.41 Å². The maximum absolute atomic E-state index is 11.5. The molecule has 0 N–H and O–H groups in total. The molecule has 2 atom stereocenters. The number of carbonyl (C=O) groups excluding carboxylic acids is 1. The minimum absolute atomic E-state index is 0.231. The van der Waals surface area contributed by atoms with Crippen molar-refractivity contribution in [3.05, 3.63) is 11.6 Å². The summed E-state index contributed by atoms with van der Waals surface area (Å²) in [5.41, 5.74) is 1.53. The van der Waals surface area contributed by atoms with Crippen LogP contribution < -0.4 is 0 Å². The second-order valence-corrected chi connectivity index (χ2v) is 4.98. The lowest BCUT2D eigenvalue weighted by atomic mass is 9.49. The second-order valence-electron chi connectivity index (χ2n) is 4.42. The summed E-state index contributed by atoms with van der Waals surface area (Å²) in [6.07, 6.45) is 2.93. The molecule has 0 aromatic heterocycles. The van der Waals surface area contributed by atoms with Crippen LogP contribution in [-0.4, -0.2) is 11.1 Å². The standard InChI is InChI=1S/C10H13BrO/c1-10(2)7-4-8(10)9(12)3-6(7)5-11/h3,7-8H,4-5H2,1-2H3/t7-,8+/m0/s1. The smallest absolute Gasteiger partial charge is 0.159 e. The fourth-order valence-corrected chi connectivity index (χ4v) is 3.11. The van der Waals surface area contributed by atoms with Crippen molar-refractivity contribution in [2.24, 2.45) is 17.3 Å². The van der Waals surface area contributed by atoms with E-state index in [1.54, 1.807) is 0 Å². The molecule has 3 aliphatic rings. The SMILES string of the molecule is CC1(C)[C@@H]2C[C@H]1C(CBr)=CC2=O. The highest BCUT2D eigenvalue weighted by Gasteiger charge is 2.54. The first kappa shape index (κ1) is 8.49. The average Bonchev–Trinajstić information content (AvgIpc) is 2.02. The maximum atomic E-state index is 11.5. The molecule has 12 heavy (non-hydrogen) atoms. The van der Waals surface area contributed by atoms with Crippen LogP contribution in [-0.2, 0) is 4.79 Å². The van der Waals surface area contributed by atoms with Gasteiger partial charge in [-0.2, -0.15) is 0 Å². The van der Waals surface area contributed by atoms with Gasteiger partial charge in [0.05, 0.1) is 0 Å². The Bertz CT molecular complexity index is 265. The molecule has 3 aliphatic carbocycles. The van der Waals surface area contributed by atoms with E-state index in [9.17, 15) is 4.79 Å². The topological polar surface area (TPSA) is 17.1 Å². The summed E-state index contributed by atoms with van der Waals surface area (Å²) in [5.74, 6) is 1.31. The van der Waals surface area contributed by atoms with Crippen molar-refractivity contribution in [1.29, 1.82) is 0 Å². The first-order valence-electron chi connectivity index (χ1n) is 4.37. The molecule has 3 rings (SSSR count). The second kappa shape index (κ2) is 2.44. The molecule has 0 unspecified atom stereocenters. The Kier molecular flexibility index (Phi) is 1.73. The zero-order chi connectivity index (χ0) is 8.93. The maximum Gasteiger partial charge on any atom is 0.159 e. The minimum atomic E-state index is 0.231. The van der Waals surface area contributed by atoms with Gasteiger partial charge in [0.15, 0.2) is 5.78 Å². The molecule has 0 saturated heterocycles. The molecule has 0 heterocycles. The summed E-state index contributed by atoms with van der Waals surface area (Å²) in [7, 11) is 0. The van der Waals surface area contributed by atoms with Gasteiger partial charge < -0.3 is 0 Å². The lowest BCUT2D eigenvalue weighted by Gasteiger charge is -2.55. The van der Waals surface area contributed by atoms with Crippen LogP contribution in [0.3, 0.4) is 0 Å². The van der Waals surface area contributed by atoms with Gasteiger partial charge in [0.25, 0.3) is 0 Å². The summed E-state index contributed by atoms with van der Waals surface area (Å²) in [6, 6.07) is 0. The summed E-state index contributed by atoms with van der Waals surface area (Å²) in [4.78, 5) is 11.5. The van der Waals surface area contributed by atoms with Crippen LogP contribution in [0.5, 0.6) is 0 Å². The largest absolute Gasteiger partial charge is 0.295 e. The fourth-order valence-electron chi connectivity index (χ4n) is 2.55. The molecule has 66 valence electrons. The zero-order valence-electron chi connectivity index (χ0n) is 7.43.